The van der Waals surface area contributed by atoms with Gasteiger partial charge in [0.1, 0.15) is 60.3 Å². The number of hydroxylamine groups is 2. The zero-order chi connectivity index (χ0) is 43.2. The van der Waals surface area contributed by atoms with Crippen LogP contribution in [0.2, 0.25) is 0 Å². The summed E-state index contributed by atoms with van der Waals surface area (Å²) in [6.07, 6.45) is -1.24. The van der Waals surface area contributed by atoms with Crippen LogP contribution in [0.5, 0.6) is 0 Å². The smallest absolute Gasteiger partial charge is 0.327 e. The number of rotatable bonds is 21. The average molecular weight is 850 g/mol. The molecule has 8 N–H and O–H groups in total. The van der Waals surface area contributed by atoms with Gasteiger partial charge in [0.05, 0.1) is 32.5 Å². The number of nitrogens with one attached hydrogen (secondary N) is 2. The number of amides is 2. The fraction of sp³-hybridized carbons (Fsp3) is 0.738. The fourth-order valence-electron chi connectivity index (χ4n) is 9.12. The Labute approximate surface area is 350 Å². The Balaban J connectivity index is 1.23. The van der Waals surface area contributed by atoms with Crippen LogP contribution in [0.3, 0.4) is 0 Å². The maximum atomic E-state index is 14.8. The Morgan fingerprint density at radius 3 is 2.30 bits per heavy atom. The minimum Gasteiger partial charge on any atom is -0.458 e. The molecule has 13 atom stereocenters. The summed E-state index contributed by atoms with van der Waals surface area (Å²) in [6.45, 7) is 4.66. The minimum atomic E-state index is -1.60. The van der Waals surface area contributed by atoms with Gasteiger partial charge < -0.3 is 65.0 Å². The first kappa shape index (κ1) is 46.4. The van der Waals surface area contributed by atoms with Gasteiger partial charge in [0.15, 0.2) is 18.1 Å². The van der Waals surface area contributed by atoms with Crippen LogP contribution in [0.4, 0.5) is 0 Å². The molecule has 0 aromatic heterocycles. The van der Waals surface area contributed by atoms with Crippen LogP contribution in [0.15, 0.2) is 30.3 Å². The Kier molecular flexibility index (Phi) is 15.8. The van der Waals surface area contributed by atoms with Gasteiger partial charge in [-0.1, -0.05) is 75.9 Å². The lowest BCUT2D eigenvalue weighted by Crippen LogP contribution is -2.71. The Morgan fingerprint density at radius 1 is 0.983 bits per heavy atom. The number of hydrogen-bond donors (Lipinski definition) is 8. The van der Waals surface area contributed by atoms with Gasteiger partial charge in [0.2, 0.25) is 11.8 Å². The number of nitrogens with zero attached hydrogens (tertiary/aromatic N) is 1. The summed E-state index contributed by atoms with van der Waals surface area (Å²) in [5, 5.41) is 66.3. The topological polar surface area (TPSA) is 255 Å². The quantitative estimate of drug-likeness (QED) is 0.0595. The van der Waals surface area contributed by atoms with Crippen LogP contribution in [-0.2, 0) is 49.5 Å². The van der Waals surface area contributed by atoms with Crippen LogP contribution >= 0.6 is 0 Å². The van der Waals surface area contributed by atoms with Gasteiger partial charge in [0.25, 0.3) is 0 Å². The number of carbonyl (C=O) groups is 3. The number of aliphatic hydroxyl groups excluding tert-OH is 6. The predicted molar refractivity (Wildman–Crippen MR) is 211 cm³/mol. The molecule has 5 aliphatic rings. The van der Waals surface area contributed by atoms with Gasteiger partial charge in [-0.05, 0) is 30.9 Å². The van der Waals surface area contributed by atoms with E-state index in [1.807, 2.05) is 24.3 Å². The summed E-state index contributed by atoms with van der Waals surface area (Å²) < 4.78 is 30.8. The normalized spacial score (nSPS) is 34.2. The lowest BCUT2D eigenvalue weighted by atomic mass is 9.62. The molecule has 2 unspecified atom stereocenters. The molecule has 60 heavy (non-hydrogen) atoms. The summed E-state index contributed by atoms with van der Waals surface area (Å²) in [5.41, 5.74) is -0.0947. The third-order valence-corrected chi connectivity index (χ3v) is 12.3. The van der Waals surface area contributed by atoms with E-state index in [1.54, 1.807) is 12.2 Å². The van der Waals surface area contributed by atoms with Crippen LogP contribution in [0.1, 0.15) is 89.7 Å². The summed E-state index contributed by atoms with van der Waals surface area (Å²) in [7, 11) is 0. The van der Waals surface area contributed by atoms with Gasteiger partial charge in [-0.25, -0.2) is 0 Å². The predicted octanol–water partition coefficient (Wildman–Crippen LogP) is -0.0688. The molecular formula is C42H63N3O15. The number of hydrogen-bond acceptors (Lipinski definition) is 16. The van der Waals surface area contributed by atoms with E-state index in [0.717, 1.165) is 49.7 Å². The highest BCUT2D eigenvalue weighted by Gasteiger charge is 2.76. The van der Waals surface area contributed by atoms with Crippen LogP contribution in [-0.4, -0.2) is 159 Å². The van der Waals surface area contributed by atoms with E-state index in [9.17, 15) is 45.0 Å². The van der Waals surface area contributed by atoms with Crippen molar-refractivity contribution in [1.29, 1.82) is 0 Å². The van der Waals surface area contributed by atoms with Gasteiger partial charge in [-0.2, -0.15) is 5.06 Å². The van der Waals surface area contributed by atoms with Crippen molar-refractivity contribution < 1.29 is 73.5 Å². The molecule has 6 rings (SSSR count). The van der Waals surface area contributed by atoms with Crippen molar-refractivity contribution in [3.05, 3.63) is 41.5 Å². The number of fused-ring (bicyclic) bond motifs is 4. The number of benzene rings is 1. The standard InChI is InChI=1S/C42H63N3O15/c1-4-6-8-16-41(17-9-7-5-2)58-33-27-21-42(40(54)44-29(24(3)48)37(52)43-18-19-46)35(38(53)56-27)45(60-36(42)34(33)59-41)22-26-14-12-25(13-15-26)11-10-20-55-39-32(51)31(50)30(49)28(23-47)57-39/h10-15,24,27-36,39,46-51H,4-9,16-23H2,1-3H3,(H,43,52)(H,44,54)/t24-,27?,28+,29+,30-,31-,32+,33-,34-,35-,36+,39-,42?/m0/s1. The summed E-state index contributed by atoms with van der Waals surface area (Å²) in [5.74, 6) is -3.02. The number of esters is 1. The summed E-state index contributed by atoms with van der Waals surface area (Å²) >= 11 is 0. The number of ether oxygens (including phenoxy) is 5. The molecule has 4 aliphatic heterocycles. The molecule has 336 valence electrons. The molecule has 5 fully saturated rings. The van der Waals surface area contributed by atoms with E-state index in [2.05, 4.69) is 24.5 Å². The monoisotopic (exact) mass is 849 g/mol. The first-order valence-electron chi connectivity index (χ1n) is 21.4. The van der Waals surface area contributed by atoms with Crippen molar-refractivity contribution in [2.24, 2.45) is 5.41 Å². The molecule has 1 aromatic rings. The van der Waals surface area contributed by atoms with Gasteiger partial charge in [-0.3, -0.25) is 19.2 Å². The molecule has 1 saturated carbocycles. The minimum absolute atomic E-state index is 0.0200. The summed E-state index contributed by atoms with van der Waals surface area (Å²) in [4.78, 5) is 48.8. The van der Waals surface area contributed by atoms with E-state index >= 15 is 0 Å². The second-order valence-electron chi connectivity index (χ2n) is 16.6. The SMILES string of the molecule is CCCCCC1(CCCCC)O[C@@H]2[C@H]3ON(Cc4ccc(C=CCO[C@H]5O[C@H](CO)[C@H](O)[C@H](O)[C@H]5O)cc4)[C@H]4C(=O)OC(CC34C(=O)N[C@@H](C(=O)NCCO)[C@H](C)O)[C@@H]2O1. The molecule has 4 heterocycles. The van der Waals surface area contributed by atoms with Gasteiger partial charge in [0, 0.05) is 25.8 Å². The van der Waals surface area contributed by atoms with Gasteiger partial charge >= 0.3 is 5.97 Å². The van der Waals surface area contributed by atoms with Crippen molar-refractivity contribution in [2.75, 3.05) is 26.4 Å². The molecule has 18 heteroatoms. The number of aliphatic hydroxyl groups is 6. The molecule has 4 saturated heterocycles. The van der Waals surface area contributed by atoms with Crippen molar-refractivity contribution in [2.45, 2.75) is 164 Å². The highest BCUT2D eigenvalue weighted by atomic mass is 16.8. The van der Waals surface area contributed by atoms with Crippen molar-refractivity contribution in [1.82, 2.24) is 15.7 Å². The largest absolute Gasteiger partial charge is 0.458 e. The van der Waals surface area contributed by atoms with Gasteiger partial charge in [-0.15, -0.1) is 0 Å². The molecule has 0 radical (unpaired) electrons. The highest BCUT2D eigenvalue weighted by Crippen LogP contribution is 2.58. The first-order chi connectivity index (χ1) is 28.8. The van der Waals surface area contributed by atoms with Crippen molar-refractivity contribution in [3.8, 4) is 0 Å². The average Bonchev–Trinajstić information content (AvgIpc) is 3.79. The molecular weight excluding hydrogens is 786 g/mol. The first-order valence-corrected chi connectivity index (χ1v) is 21.4. The van der Waals surface area contributed by atoms with E-state index < -0.39 is 109 Å². The highest BCUT2D eigenvalue weighted by molar-refractivity contribution is 5.96. The molecule has 1 aliphatic carbocycles. The number of unbranched alkanes of at least 4 members (excludes halogenated alkanes) is 4. The molecule has 18 nitrogen and oxygen atoms in total. The van der Waals surface area contributed by atoms with Crippen molar-refractivity contribution >= 4 is 23.9 Å². The van der Waals surface area contributed by atoms with Crippen LogP contribution in [0.25, 0.3) is 6.08 Å². The maximum absolute atomic E-state index is 14.8. The third-order valence-electron chi connectivity index (χ3n) is 12.3. The summed E-state index contributed by atoms with van der Waals surface area (Å²) in [6, 6.07) is 4.66. The lowest BCUT2D eigenvalue weighted by Gasteiger charge is -2.49. The zero-order valence-corrected chi connectivity index (χ0v) is 34.6. The molecule has 1 aromatic carbocycles. The maximum Gasteiger partial charge on any atom is 0.327 e. The number of carbonyl (C=O) groups excluding carboxylic acids is 3. The molecule has 2 bridgehead atoms. The molecule has 0 spiro atoms. The van der Waals surface area contributed by atoms with E-state index in [-0.39, 0.29) is 32.7 Å². The lowest BCUT2D eigenvalue weighted by molar-refractivity contribution is -0.298. The van der Waals surface area contributed by atoms with E-state index in [0.29, 0.717) is 12.8 Å². The second-order valence-corrected chi connectivity index (χ2v) is 16.6. The Hall–Kier alpha value is -3.11. The fourth-order valence-corrected chi connectivity index (χ4v) is 9.12. The van der Waals surface area contributed by atoms with E-state index in [1.165, 1.54) is 12.0 Å². The van der Waals surface area contributed by atoms with E-state index in [4.69, 9.17) is 28.5 Å². The zero-order valence-electron chi connectivity index (χ0n) is 34.6. The molecule has 2 amide bonds. The Morgan fingerprint density at radius 2 is 1.67 bits per heavy atom. The van der Waals surface area contributed by atoms with Crippen LogP contribution in [0, 0.1) is 5.41 Å². The Bertz CT molecular complexity index is 1620. The van der Waals surface area contributed by atoms with Crippen LogP contribution < -0.4 is 10.6 Å². The van der Waals surface area contributed by atoms with Crippen molar-refractivity contribution in [3.63, 3.8) is 0 Å². The third kappa shape index (κ3) is 9.60. The second kappa shape index (κ2) is 20.4.